The van der Waals surface area contributed by atoms with Crippen LogP contribution in [0.25, 0.3) is 0 Å². The number of rotatable bonds is 73. The number of nitrogens with one attached hydrogen (secondary N) is 1. The maximum absolute atomic E-state index is 12.6. The van der Waals surface area contributed by atoms with Crippen molar-refractivity contribution in [2.75, 3.05) is 13.2 Å². The van der Waals surface area contributed by atoms with Gasteiger partial charge in [-0.3, -0.25) is 9.59 Å². The third-order valence-corrected chi connectivity index (χ3v) is 18.4. The van der Waals surface area contributed by atoms with Gasteiger partial charge in [-0.25, -0.2) is 0 Å². The Morgan fingerprint density at radius 3 is 0.744 bits per heavy atom. The van der Waals surface area contributed by atoms with E-state index >= 15 is 0 Å². The van der Waals surface area contributed by atoms with Gasteiger partial charge in [0.25, 0.3) is 0 Å². The van der Waals surface area contributed by atoms with Crippen LogP contribution < -0.4 is 5.32 Å². The Labute approximate surface area is 515 Å². The number of carbonyl (C=O) groups is 2. The fourth-order valence-corrected chi connectivity index (χ4v) is 12.6. The smallest absolute Gasteiger partial charge is 0.305 e. The van der Waals surface area contributed by atoms with Gasteiger partial charge in [-0.2, -0.15) is 0 Å². The molecule has 3 N–H and O–H groups in total. The van der Waals surface area contributed by atoms with E-state index in [0.29, 0.717) is 25.9 Å². The molecule has 0 saturated carbocycles. The highest BCUT2D eigenvalue weighted by molar-refractivity contribution is 5.76. The summed E-state index contributed by atoms with van der Waals surface area (Å²) in [6.07, 6.45) is 88.9. The summed E-state index contributed by atoms with van der Waals surface area (Å²) in [5, 5.41) is 23.5. The van der Waals surface area contributed by atoms with E-state index in [-0.39, 0.29) is 18.5 Å². The number of aliphatic hydroxyl groups excluding tert-OH is 2. The maximum atomic E-state index is 12.6. The van der Waals surface area contributed by atoms with Crippen molar-refractivity contribution in [3.63, 3.8) is 0 Å². The van der Waals surface area contributed by atoms with Crippen LogP contribution in [0.3, 0.4) is 0 Å². The first-order valence-electron chi connectivity index (χ1n) is 38.3. The molecule has 0 rings (SSSR count). The minimum absolute atomic E-state index is 0.0217. The summed E-state index contributed by atoms with van der Waals surface area (Å²) in [5.41, 5.74) is 0. The molecule has 0 heterocycles. The van der Waals surface area contributed by atoms with Crippen molar-refractivity contribution in [2.45, 2.75) is 463 Å². The van der Waals surface area contributed by atoms with Crippen molar-refractivity contribution in [3.05, 3.63) is 0 Å². The summed E-state index contributed by atoms with van der Waals surface area (Å²) in [6, 6.07) is -0.541. The fraction of sp³-hybridized carbons (Fsp3) is 0.974. The summed E-state index contributed by atoms with van der Waals surface area (Å²) < 4.78 is 5.52. The molecule has 0 aromatic carbocycles. The van der Waals surface area contributed by atoms with Crippen molar-refractivity contribution >= 4 is 11.9 Å². The predicted octanol–water partition coefficient (Wildman–Crippen LogP) is 24.9. The third-order valence-electron chi connectivity index (χ3n) is 18.4. The van der Waals surface area contributed by atoms with E-state index < -0.39 is 12.1 Å². The van der Waals surface area contributed by atoms with E-state index in [2.05, 4.69) is 19.2 Å². The minimum Gasteiger partial charge on any atom is -0.466 e. The average Bonchev–Trinajstić information content (AvgIpc) is 3.48. The molecule has 0 aromatic rings. The summed E-state index contributed by atoms with van der Waals surface area (Å²) in [4.78, 5) is 24.7. The first-order valence-corrected chi connectivity index (χ1v) is 38.3. The third kappa shape index (κ3) is 68.0. The predicted molar refractivity (Wildman–Crippen MR) is 361 cm³/mol. The molecule has 82 heavy (non-hydrogen) atoms. The molecule has 0 aromatic heterocycles. The minimum atomic E-state index is -0.664. The molecule has 6 heteroatoms. The SMILES string of the molecule is CCCCCCCCCCCCCCCCCCCCCCCCCC(O)C(CO)NC(=O)CCCCCCCCCCCCCCCCCCCCCCCCCCOC(=O)CCCCCCCCCCCCCCCCCCCC. The van der Waals surface area contributed by atoms with Crippen LogP contribution in [0.5, 0.6) is 0 Å². The largest absolute Gasteiger partial charge is 0.466 e. The molecule has 0 aliphatic carbocycles. The van der Waals surface area contributed by atoms with Crippen LogP contribution in [0, 0.1) is 0 Å². The lowest BCUT2D eigenvalue weighted by molar-refractivity contribution is -0.143. The molecule has 490 valence electrons. The van der Waals surface area contributed by atoms with Crippen molar-refractivity contribution < 1.29 is 24.5 Å². The first-order chi connectivity index (χ1) is 40.5. The Bertz CT molecular complexity index is 1200. The maximum Gasteiger partial charge on any atom is 0.305 e. The highest BCUT2D eigenvalue weighted by Gasteiger charge is 2.20. The van der Waals surface area contributed by atoms with Crippen LogP contribution in [-0.2, 0) is 14.3 Å². The first kappa shape index (κ1) is 80.9. The molecule has 0 aliphatic rings. The van der Waals surface area contributed by atoms with E-state index in [1.807, 2.05) is 0 Å². The number of hydrogen-bond acceptors (Lipinski definition) is 5. The second kappa shape index (κ2) is 72.3. The number of carbonyl (C=O) groups excluding carboxylic acids is 2. The number of unbranched alkanes of at least 4 members (excludes halogenated alkanes) is 62. The highest BCUT2D eigenvalue weighted by atomic mass is 16.5. The lowest BCUT2D eigenvalue weighted by atomic mass is 10.0. The normalized spacial score (nSPS) is 12.4. The number of aliphatic hydroxyl groups is 2. The molecule has 0 spiro atoms. The Balaban J connectivity index is 3.34. The van der Waals surface area contributed by atoms with Gasteiger partial charge in [0.05, 0.1) is 25.4 Å². The van der Waals surface area contributed by atoms with Gasteiger partial charge in [0.2, 0.25) is 5.91 Å². The molecular formula is C76H151NO5. The van der Waals surface area contributed by atoms with Gasteiger partial charge in [0, 0.05) is 12.8 Å². The summed E-state index contributed by atoms with van der Waals surface area (Å²) in [7, 11) is 0. The zero-order chi connectivity index (χ0) is 59.2. The molecule has 2 atom stereocenters. The van der Waals surface area contributed by atoms with Gasteiger partial charge >= 0.3 is 5.97 Å². The van der Waals surface area contributed by atoms with Crippen molar-refractivity contribution in [1.82, 2.24) is 5.32 Å². The van der Waals surface area contributed by atoms with Crippen LogP contribution in [0.4, 0.5) is 0 Å². The topological polar surface area (TPSA) is 95.9 Å². The number of esters is 1. The van der Waals surface area contributed by atoms with E-state index in [0.717, 1.165) is 38.5 Å². The lowest BCUT2D eigenvalue weighted by Gasteiger charge is -2.22. The van der Waals surface area contributed by atoms with Crippen molar-refractivity contribution in [1.29, 1.82) is 0 Å². The molecule has 1 amide bonds. The quantitative estimate of drug-likeness (QED) is 0.0417. The summed E-state index contributed by atoms with van der Waals surface area (Å²) >= 11 is 0. The molecular weight excluding hydrogens is 1010 g/mol. The molecule has 0 bridgehead atoms. The molecule has 2 unspecified atom stereocenters. The van der Waals surface area contributed by atoms with E-state index in [1.165, 1.54) is 379 Å². The van der Waals surface area contributed by atoms with Gasteiger partial charge < -0.3 is 20.3 Å². The van der Waals surface area contributed by atoms with Crippen molar-refractivity contribution in [2.24, 2.45) is 0 Å². The molecule has 0 saturated heterocycles. The van der Waals surface area contributed by atoms with Gasteiger partial charge in [-0.15, -0.1) is 0 Å². The van der Waals surface area contributed by atoms with Crippen LogP contribution in [0.2, 0.25) is 0 Å². The van der Waals surface area contributed by atoms with Crippen molar-refractivity contribution in [3.8, 4) is 0 Å². The van der Waals surface area contributed by atoms with Gasteiger partial charge in [0.15, 0.2) is 0 Å². The zero-order valence-corrected chi connectivity index (χ0v) is 56.3. The molecule has 6 nitrogen and oxygen atoms in total. The molecule has 0 radical (unpaired) electrons. The van der Waals surface area contributed by atoms with Gasteiger partial charge in [-0.1, -0.05) is 412 Å². The van der Waals surface area contributed by atoms with Crippen LogP contribution in [0.1, 0.15) is 450 Å². The standard InChI is InChI=1S/C76H151NO5/c1-3-5-7-9-11-13-15-17-19-21-23-24-27-30-33-36-40-44-48-52-56-60-64-68-74(79)73(72-78)77-75(80)69-65-61-57-53-49-45-41-37-34-31-28-25-26-29-32-35-39-43-47-51-55-59-63-67-71-82-76(81)70-66-62-58-54-50-46-42-38-22-20-18-16-14-12-10-8-6-4-2/h73-74,78-79H,3-72H2,1-2H3,(H,77,80). The van der Waals surface area contributed by atoms with Gasteiger partial charge in [0.1, 0.15) is 0 Å². The number of amides is 1. The van der Waals surface area contributed by atoms with E-state index in [1.54, 1.807) is 0 Å². The Hall–Kier alpha value is -1.14. The highest BCUT2D eigenvalue weighted by Crippen LogP contribution is 2.20. The second-order valence-electron chi connectivity index (χ2n) is 26.7. The van der Waals surface area contributed by atoms with Gasteiger partial charge in [-0.05, 0) is 25.7 Å². The monoisotopic (exact) mass is 1160 g/mol. The second-order valence-corrected chi connectivity index (χ2v) is 26.7. The summed E-state index contributed by atoms with van der Waals surface area (Å²) in [6.45, 7) is 5.02. The lowest BCUT2D eigenvalue weighted by Crippen LogP contribution is -2.45. The fourth-order valence-electron chi connectivity index (χ4n) is 12.6. The van der Waals surface area contributed by atoms with Crippen LogP contribution in [-0.4, -0.2) is 47.4 Å². The van der Waals surface area contributed by atoms with Crippen LogP contribution in [0.15, 0.2) is 0 Å². The Morgan fingerprint density at radius 2 is 0.500 bits per heavy atom. The Morgan fingerprint density at radius 1 is 0.293 bits per heavy atom. The zero-order valence-electron chi connectivity index (χ0n) is 56.3. The molecule has 0 aliphatic heterocycles. The van der Waals surface area contributed by atoms with E-state index in [4.69, 9.17) is 4.74 Å². The average molecular weight is 1160 g/mol. The number of ether oxygens (including phenoxy) is 1. The molecule has 0 fully saturated rings. The number of hydrogen-bond donors (Lipinski definition) is 3. The summed E-state index contributed by atoms with van der Waals surface area (Å²) in [5.74, 6) is -0.00582. The van der Waals surface area contributed by atoms with E-state index in [9.17, 15) is 19.8 Å². The van der Waals surface area contributed by atoms with Crippen LogP contribution >= 0.6 is 0 Å². The Kier molecular flexibility index (Phi) is 71.3.